The summed E-state index contributed by atoms with van der Waals surface area (Å²) in [5.41, 5.74) is 5.35. The van der Waals surface area contributed by atoms with E-state index in [2.05, 4.69) is 14.9 Å². The number of benzene rings is 1. The highest BCUT2D eigenvalue weighted by Crippen LogP contribution is 2.46. The molecule has 4 heterocycles. The molecular formula is C24H20F7N3O6S2. The number of rotatable bonds is 3. The van der Waals surface area contributed by atoms with E-state index in [4.69, 9.17) is 19.8 Å². The second-order valence-corrected chi connectivity index (χ2v) is 12.0. The average molecular weight is 644 g/mol. The molecule has 0 saturated carbocycles. The third kappa shape index (κ3) is 7.60. The predicted molar refractivity (Wildman–Crippen MR) is 133 cm³/mol. The number of alkyl halides is 6. The van der Waals surface area contributed by atoms with Gasteiger partial charge in [-0.05, 0) is 42.3 Å². The average Bonchev–Trinajstić information content (AvgIpc) is 3.55. The Morgan fingerprint density at radius 1 is 0.976 bits per heavy atom. The van der Waals surface area contributed by atoms with Crippen molar-refractivity contribution >= 4 is 33.1 Å². The Kier molecular flexibility index (Phi) is 9.63. The molecule has 5 rings (SSSR count). The van der Waals surface area contributed by atoms with Gasteiger partial charge in [-0.1, -0.05) is 6.07 Å². The van der Waals surface area contributed by atoms with E-state index < -0.39 is 45.3 Å². The van der Waals surface area contributed by atoms with E-state index in [0.29, 0.717) is 18.0 Å². The second-order valence-electron chi connectivity index (χ2n) is 8.97. The molecule has 2 aliphatic heterocycles. The lowest BCUT2D eigenvalue weighted by atomic mass is 9.95. The fourth-order valence-electron chi connectivity index (χ4n) is 4.26. The molecule has 2 atom stereocenters. The number of pyridine rings is 1. The molecule has 1 saturated heterocycles. The van der Waals surface area contributed by atoms with Crippen LogP contribution in [0.1, 0.15) is 22.1 Å². The van der Waals surface area contributed by atoms with Gasteiger partial charge < -0.3 is 10.2 Å². The number of carboxylic acid groups (broad SMARTS) is 2. The number of carbonyl (C=O) groups is 2. The van der Waals surface area contributed by atoms with Gasteiger partial charge in [0.15, 0.2) is 9.84 Å². The summed E-state index contributed by atoms with van der Waals surface area (Å²) in [7, 11) is -3.34. The molecule has 2 unspecified atom stereocenters. The van der Waals surface area contributed by atoms with Gasteiger partial charge in [-0.2, -0.15) is 30.7 Å². The van der Waals surface area contributed by atoms with Crippen LogP contribution >= 0.6 is 11.3 Å². The number of sulfone groups is 1. The van der Waals surface area contributed by atoms with Crippen molar-refractivity contribution in [3.63, 3.8) is 0 Å². The van der Waals surface area contributed by atoms with Crippen molar-refractivity contribution in [2.45, 2.75) is 41.9 Å². The monoisotopic (exact) mass is 643 g/mol. The first kappa shape index (κ1) is 32.9. The third-order valence-corrected chi connectivity index (χ3v) is 9.39. The van der Waals surface area contributed by atoms with E-state index in [1.807, 2.05) is 18.5 Å². The summed E-state index contributed by atoms with van der Waals surface area (Å²) >= 11 is 1.61. The number of thiazole rings is 1. The quantitative estimate of drug-likeness (QED) is 0.308. The maximum absolute atomic E-state index is 13.1. The highest BCUT2D eigenvalue weighted by Gasteiger charge is 2.50. The number of aromatic nitrogens is 2. The minimum absolute atomic E-state index is 0.0402. The van der Waals surface area contributed by atoms with Crippen LogP contribution in [0.4, 0.5) is 30.7 Å². The molecule has 3 aromatic rings. The minimum atomic E-state index is -5.08. The number of halogens is 7. The summed E-state index contributed by atoms with van der Waals surface area (Å²) in [6, 6.07) is 8.40. The zero-order valence-electron chi connectivity index (χ0n) is 21.1. The Morgan fingerprint density at radius 2 is 1.55 bits per heavy atom. The number of nitrogens with zero attached hydrogens (tertiary/aromatic N) is 3. The van der Waals surface area contributed by atoms with Crippen LogP contribution in [0.5, 0.6) is 0 Å². The van der Waals surface area contributed by atoms with Gasteiger partial charge in [-0.3, -0.25) is 4.90 Å². The summed E-state index contributed by atoms with van der Waals surface area (Å²) in [4.78, 5) is 29.6. The molecule has 0 aliphatic carbocycles. The van der Waals surface area contributed by atoms with Gasteiger partial charge in [-0.25, -0.2) is 28.0 Å². The summed E-state index contributed by atoms with van der Waals surface area (Å²) in [5.74, 6) is -6.08. The second kappa shape index (κ2) is 12.3. The highest BCUT2D eigenvalue weighted by atomic mass is 32.2. The summed E-state index contributed by atoms with van der Waals surface area (Å²) < 4.78 is 103. The van der Waals surface area contributed by atoms with Gasteiger partial charge in [-0.15, -0.1) is 11.3 Å². The first-order chi connectivity index (χ1) is 19.3. The van der Waals surface area contributed by atoms with Crippen molar-refractivity contribution in [3.05, 3.63) is 64.1 Å². The molecule has 0 radical (unpaired) electrons. The molecule has 42 heavy (non-hydrogen) atoms. The first-order valence-corrected chi connectivity index (χ1v) is 14.0. The number of likely N-dealkylation sites (tertiary alicyclic amines) is 1. The molecule has 18 heteroatoms. The third-order valence-electron chi connectivity index (χ3n) is 6.21. The van der Waals surface area contributed by atoms with Crippen LogP contribution in [-0.4, -0.2) is 76.1 Å². The lowest BCUT2D eigenvalue weighted by Gasteiger charge is -2.17. The van der Waals surface area contributed by atoms with Gasteiger partial charge in [0, 0.05) is 42.2 Å². The van der Waals surface area contributed by atoms with Crippen molar-refractivity contribution < 1.29 is 59.0 Å². The van der Waals surface area contributed by atoms with Crippen molar-refractivity contribution in [1.82, 2.24) is 14.9 Å². The first-order valence-electron chi connectivity index (χ1n) is 11.5. The highest BCUT2D eigenvalue weighted by molar-refractivity contribution is 7.92. The van der Waals surface area contributed by atoms with Crippen molar-refractivity contribution in [3.8, 4) is 11.1 Å². The Balaban J connectivity index is 0.000000289. The van der Waals surface area contributed by atoms with Gasteiger partial charge in [0.25, 0.3) is 0 Å². The minimum Gasteiger partial charge on any atom is -0.475 e. The van der Waals surface area contributed by atoms with Gasteiger partial charge in [0.05, 0.1) is 21.3 Å². The Bertz CT molecular complexity index is 1530. The van der Waals surface area contributed by atoms with Crippen LogP contribution in [0.3, 0.4) is 0 Å². The van der Waals surface area contributed by atoms with E-state index in [0.717, 1.165) is 28.9 Å². The van der Waals surface area contributed by atoms with E-state index in [-0.39, 0.29) is 5.92 Å². The van der Waals surface area contributed by atoms with Gasteiger partial charge in [0.1, 0.15) is 0 Å². The Morgan fingerprint density at radius 3 is 2.02 bits per heavy atom. The fourth-order valence-corrected chi connectivity index (χ4v) is 7.28. The van der Waals surface area contributed by atoms with Crippen LogP contribution < -0.4 is 0 Å². The Labute approximate surface area is 237 Å². The number of aryl methyl sites for hydroxylation is 1. The smallest absolute Gasteiger partial charge is 0.475 e. The maximum atomic E-state index is 13.1. The van der Waals surface area contributed by atoms with E-state index >= 15 is 0 Å². The SMILES string of the molecule is Cc1ncsc1CN1CC2c3cc(-c4ccc(F)nc4)ccc3S(=O)(=O)C2C1.O=C(O)C(F)(F)F.O=C(O)C(F)(F)F. The molecule has 228 valence electrons. The lowest BCUT2D eigenvalue weighted by molar-refractivity contribution is -0.193. The largest absolute Gasteiger partial charge is 0.490 e. The summed E-state index contributed by atoms with van der Waals surface area (Å²) in [6.45, 7) is 3.96. The van der Waals surface area contributed by atoms with Crippen molar-refractivity contribution in [2.75, 3.05) is 13.1 Å². The van der Waals surface area contributed by atoms with Crippen LogP contribution in [0.15, 0.2) is 46.9 Å². The van der Waals surface area contributed by atoms with Crippen LogP contribution in [0.25, 0.3) is 11.1 Å². The molecule has 2 N–H and O–H groups in total. The van der Waals surface area contributed by atoms with Gasteiger partial charge in [0.2, 0.25) is 5.95 Å². The lowest BCUT2D eigenvalue weighted by Crippen LogP contribution is -2.25. The number of aliphatic carboxylic acids is 2. The molecule has 2 aliphatic rings. The zero-order chi connectivity index (χ0) is 31.6. The maximum Gasteiger partial charge on any atom is 0.490 e. The predicted octanol–water partition coefficient (Wildman–Crippen LogP) is 4.67. The number of hydrogen-bond donors (Lipinski definition) is 2. The molecule has 1 fully saturated rings. The molecule has 0 bridgehead atoms. The normalized spacial score (nSPS) is 19.0. The molecule has 2 aromatic heterocycles. The molecule has 0 amide bonds. The molecular weight excluding hydrogens is 623 g/mol. The van der Waals surface area contributed by atoms with Crippen LogP contribution in [0, 0.1) is 12.9 Å². The molecule has 1 aromatic carbocycles. The zero-order valence-corrected chi connectivity index (χ0v) is 22.8. The number of carboxylic acids is 2. The number of hydrogen-bond acceptors (Lipinski definition) is 8. The summed E-state index contributed by atoms with van der Waals surface area (Å²) in [5, 5.41) is 13.8. The van der Waals surface area contributed by atoms with Crippen molar-refractivity contribution in [1.29, 1.82) is 0 Å². The summed E-state index contributed by atoms with van der Waals surface area (Å²) in [6.07, 6.45) is -8.69. The Hall–Kier alpha value is -3.64. The topological polar surface area (TPSA) is 138 Å². The van der Waals surface area contributed by atoms with Crippen LogP contribution in [0.2, 0.25) is 0 Å². The standard InChI is InChI=1S/C20H18FN3O2S2.2C2HF3O2/c1-12-17(27-11-23-12)9-24-8-16-15-6-13(14-3-5-20(21)22-7-14)2-4-18(15)28(25,26)19(16)10-24;2*3-2(4,5)1(6)7/h2-7,11,16,19H,8-10H2,1H3;2*(H,6,7). The number of fused-ring (bicyclic) bond motifs is 3. The van der Waals surface area contributed by atoms with Crippen LogP contribution in [-0.2, 0) is 26.0 Å². The van der Waals surface area contributed by atoms with Gasteiger partial charge >= 0.3 is 24.3 Å². The molecule has 9 nitrogen and oxygen atoms in total. The van der Waals surface area contributed by atoms with E-state index in [9.17, 15) is 39.2 Å². The van der Waals surface area contributed by atoms with Crippen molar-refractivity contribution in [2.24, 2.45) is 0 Å². The fraction of sp³-hybridized carbons (Fsp3) is 0.333. The molecule has 0 spiro atoms. The van der Waals surface area contributed by atoms with E-state index in [1.165, 1.54) is 17.1 Å². The van der Waals surface area contributed by atoms with E-state index in [1.54, 1.807) is 29.5 Å².